The number of hydrogen-bond donors (Lipinski definition) is 2. The first-order valence-electron chi connectivity index (χ1n) is 15.0. The Labute approximate surface area is 277 Å². The van der Waals surface area contributed by atoms with E-state index in [1.807, 2.05) is 28.8 Å². The number of piperidine rings is 1. The van der Waals surface area contributed by atoms with E-state index in [9.17, 15) is 19.1 Å². The highest BCUT2D eigenvalue weighted by Gasteiger charge is 2.41. The number of benzene rings is 3. The number of nitrogens with zero attached hydrogens (tertiary/aromatic N) is 2. The second kappa shape index (κ2) is 14.4. The van der Waals surface area contributed by atoms with Crippen molar-refractivity contribution in [2.45, 2.75) is 44.9 Å². The highest BCUT2D eigenvalue weighted by atomic mass is 35.5. The number of primary amides is 1. The maximum atomic E-state index is 14.3. The number of aliphatic hydroxyl groups excluding tert-OH is 1. The molecule has 2 heterocycles. The summed E-state index contributed by atoms with van der Waals surface area (Å²) in [6.45, 7) is 0.773. The summed E-state index contributed by atoms with van der Waals surface area (Å²) in [4.78, 5) is 28.8. The van der Waals surface area contributed by atoms with Gasteiger partial charge in [0.2, 0.25) is 5.91 Å². The maximum absolute atomic E-state index is 14.3. The van der Waals surface area contributed by atoms with Crippen molar-refractivity contribution in [1.82, 2.24) is 9.47 Å². The van der Waals surface area contributed by atoms with E-state index in [1.54, 1.807) is 41.3 Å². The second-order valence-electron chi connectivity index (χ2n) is 11.6. The SMILES string of the molecule is NC(=O)C1(CCc2ccc(F)cc2)CCN(C(=O)c2cc(-c3ccc(Cl)cc3Cl)n(-c3ccc(Cl)cc3)c2CCCCO)CC1. The van der Waals surface area contributed by atoms with Crippen LogP contribution in [0.2, 0.25) is 15.1 Å². The molecule has 3 aromatic carbocycles. The van der Waals surface area contributed by atoms with Crippen LogP contribution in [-0.2, 0) is 17.6 Å². The van der Waals surface area contributed by atoms with Gasteiger partial charge in [-0.1, -0.05) is 46.9 Å². The smallest absolute Gasteiger partial charge is 0.255 e. The van der Waals surface area contributed by atoms with Crippen molar-refractivity contribution >= 4 is 46.6 Å². The van der Waals surface area contributed by atoms with Gasteiger partial charge in [-0.05, 0) is 111 Å². The van der Waals surface area contributed by atoms with Crippen LogP contribution < -0.4 is 5.73 Å². The summed E-state index contributed by atoms with van der Waals surface area (Å²) in [5, 5.41) is 11.1. The van der Waals surface area contributed by atoms with Crippen LogP contribution in [-0.4, -0.2) is 46.1 Å². The average Bonchev–Trinajstić information content (AvgIpc) is 3.40. The molecule has 5 rings (SSSR count). The van der Waals surface area contributed by atoms with Gasteiger partial charge in [-0.2, -0.15) is 0 Å². The minimum atomic E-state index is -0.758. The van der Waals surface area contributed by atoms with E-state index in [-0.39, 0.29) is 24.2 Å². The fraction of sp³-hybridized carbons (Fsp3) is 0.314. The van der Waals surface area contributed by atoms with E-state index >= 15 is 0 Å². The van der Waals surface area contributed by atoms with E-state index in [0.717, 1.165) is 22.6 Å². The zero-order valence-electron chi connectivity index (χ0n) is 24.7. The summed E-state index contributed by atoms with van der Waals surface area (Å²) in [5.41, 5.74) is 9.69. The van der Waals surface area contributed by atoms with Crippen LogP contribution in [0.15, 0.2) is 72.8 Å². The molecule has 1 aromatic heterocycles. The van der Waals surface area contributed by atoms with Crippen molar-refractivity contribution in [2.24, 2.45) is 11.1 Å². The summed E-state index contributed by atoms with van der Waals surface area (Å²) in [6.07, 6.45) is 3.75. The van der Waals surface area contributed by atoms with E-state index < -0.39 is 5.41 Å². The third kappa shape index (κ3) is 7.39. The highest BCUT2D eigenvalue weighted by Crippen LogP contribution is 2.39. The fourth-order valence-corrected chi connectivity index (χ4v) is 6.76. The second-order valence-corrected chi connectivity index (χ2v) is 12.8. The van der Waals surface area contributed by atoms with E-state index in [0.29, 0.717) is 84.2 Å². The zero-order chi connectivity index (χ0) is 32.1. The van der Waals surface area contributed by atoms with Crippen molar-refractivity contribution in [3.05, 3.63) is 111 Å². The molecule has 6 nitrogen and oxygen atoms in total. The average molecular weight is 671 g/mol. The Morgan fingerprint density at radius 1 is 0.867 bits per heavy atom. The van der Waals surface area contributed by atoms with Crippen molar-refractivity contribution in [3.8, 4) is 16.9 Å². The summed E-state index contributed by atoms with van der Waals surface area (Å²) in [7, 11) is 0. The van der Waals surface area contributed by atoms with Crippen LogP contribution in [0.3, 0.4) is 0 Å². The van der Waals surface area contributed by atoms with Gasteiger partial charge >= 0.3 is 0 Å². The molecule has 0 aliphatic carbocycles. The Morgan fingerprint density at radius 2 is 1.53 bits per heavy atom. The van der Waals surface area contributed by atoms with Gasteiger partial charge in [0.05, 0.1) is 21.7 Å². The summed E-state index contributed by atoms with van der Waals surface area (Å²) >= 11 is 19.1. The third-order valence-electron chi connectivity index (χ3n) is 8.78. The van der Waals surface area contributed by atoms with E-state index in [4.69, 9.17) is 40.5 Å². The molecule has 4 aromatic rings. The summed E-state index contributed by atoms with van der Waals surface area (Å²) < 4.78 is 15.4. The zero-order valence-corrected chi connectivity index (χ0v) is 27.0. The number of hydrogen-bond acceptors (Lipinski definition) is 3. The molecule has 236 valence electrons. The van der Waals surface area contributed by atoms with Gasteiger partial charge < -0.3 is 20.3 Å². The lowest BCUT2D eigenvalue weighted by molar-refractivity contribution is -0.130. The lowest BCUT2D eigenvalue weighted by Gasteiger charge is -2.40. The molecule has 1 fully saturated rings. The van der Waals surface area contributed by atoms with Gasteiger partial charge in [0, 0.05) is 46.7 Å². The van der Waals surface area contributed by atoms with Crippen LogP contribution >= 0.6 is 34.8 Å². The van der Waals surface area contributed by atoms with Crippen molar-refractivity contribution < 1.29 is 19.1 Å². The number of carbonyl (C=O) groups excluding carboxylic acids is 2. The number of likely N-dealkylation sites (tertiary alicyclic amines) is 1. The van der Waals surface area contributed by atoms with Crippen LogP contribution in [0.25, 0.3) is 16.9 Å². The summed E-state index contributed by atoms with van der Waals surface area (Å²) in [6, 6.07) is 20.8. The normalized spacial score (nSPS) is 14.5. The van der Waals surface area contributed by atoms with Gasteiger partial charge in [-0.15, -0.1) is 0 Å². The van der Waals surface area contributed by atoms with Gasteiger partial charge in [0.25, 0.3) is 5.91 Å². The molecular formula is C35H35Cl3FN3O3. The standard InChI is InChI=1S/C35H35Cl3FN3O3/c36-24-6-11-27(12-7-24)42-31(3-1-2-20-43)29(22-32(42)28-13-8-25(37)21-30(28)38)33(44)41-18-16-35(17-19-41,34(40)45)15-14-23-4-9-26(39)10-5-23/h4-13,21-22,43H,1-3,14-20H2,(H2,40,45). The molecular weight excluding hydrogens is 636 g/mol. The number of carbonyl (C=O) groups is 2. The lowest BCUT2D eigenvalue weighted by Crippen LogP contribution is -2.49. The Hall–Kier alpha value is -3.36. The Bertz CT molecular complexity index is 1660. The van der Waals surface area contributed by atoms with Crippen molar-refractivity contribution in [1.29, 1.82) is 0 Å². The molecule has 1 aliphatic rings. The van der Waals surface area contributed by atoms with E-state index in [1.165, 1.54) is 12.1 Å². The number of aryl methyl sites for hydroxylation is 1. The van der Waals surface area contributed by atoms with Gasteiger partial charge in [-0.25, -0.2) is 4.39 Å². The van der Waals surface area contributed by atoms with Crippen LogP contribution in [0.5, 0.6) is 0 Å². The first-order valence-corrected chi connectivity index (χ1v) is 16.2. The number of nitrogens with two attached hydrogens (primary N) is 1. The van der Waals surface area contributed by atoms with Crippen molar-refractivity contribution in [2.75, 3.05) is 19.7 Å². The molecule has 1 aliphatic heterocycles. The molecule has 2 amide bonds. The van der Waals surface area contributed by atoms with Gasteiger partial charge in [0.15, 0.2) is 0 Å². The first-order chi connectivity index (χ1) is 21.6. The first kappa shape index (κ1) is 33.0. The van der Waals surface area contributed by atoms with Crippen LogP contribution in [0.1, 0.15) is 53.7 Å². The number of rotatable bonds is 11. The predicted molar refractivity (Wildman–Crippen MR) is 178 cm³/mol. The number of aliphatic hydroxyl groups is 1. The molecule has 3 N–H and O–H groups in total. The fourth-order valence-electron chi connectivity index (χ4n) is 6.13. The number of amides is 2. The molecule has 0 unspecified atom stereocenters. The van der Waals surface area contributed by atoms with E-state index in [2.05, 4.69) is 0 Å². The number of halogens is 4. The minimum absolute atomic E-state index is 0.0417. The molecule has 0 saturated carbocycles. The molecule has 0 bridgehead atoms. The molecule has 0 radical (unpaired) electrons. The van der Waals surface area contributed by atoms with Crippen LogP contribution in [0, 0.1) is 11.2 Å². The molecule has 0 spiro atoms. The van der Waals surface area contributed by atoms with Gasteiger partial charge in [0.1, 0.15) is 5.82 Å². The maximum Gasteiger partial charge on any atom is 0.255 e. The van der Waals surface area contributed by atoms with Gasteiger partial charge in [-0.3, -0.25) is 9.59 Å². The lowest BCUT2D eigenvalue weighted by atomic mass is 9.73. The Balaban J connectivity index is 1.49. The minimum Gasteiger partial charge on any atom is -0.396 e. The third-order valence-corrected chi connectivity index (χ3v) is 9.58. The molecule has 45 heavy (non-hydrogen) atoms. The Kier molecular flexibility index (Phi) is 10.6. The van der Waals surface area contributed by atoms with Crippen molar-refractivity contribution in [3.63, 3.8) is 0 Å². The molecule has 1 saturated heterocycles. The summed E-state index contributed by atoms with van der Waals surface area (Å²) in [5.74, 6) is -0.836. The number of aromatic nitrogens is 1. The largest absolute Gasteiger partial charge is 0.396 e. The molecule has 10 heteroatoms. The Morgan fingerprint density at radius 3 is 2.16 bits per heavy atom. The predicted octanol–water partition coefficient (Wildman–Crippen LogP) is 7.90. The topological polar surface area (TPSA) is 88.6 Å². The quantitative estimate of drug-likeness (QED) is 0.159. The highest BCUT2D eigenvalue weighted by molar-refractivity contribution is 6.36. The molecule has 0 atom stereocenters. The monoisotopic (exact) mass is 669 g/mol. The number of unbranched alkanes of at least 4 members (excludes halogenated alkanes) is 1. The van der Waals surface area contributed by atoms with Crippen LogP contribution in [0.4, 0.5) is 4.39 Å².